The molecule has 0 spiro atoms. The summed E-state index contributed by atoms with van der Waals surface area (Å²) in [7, 11) is 2.24. The van der Waals surface area contributed by atoms with Gasteiger partial charge in [-0.05, 0) is 57.5 Å². The molecule has 76 valence electrons. The van der Waals surface area contributed by atoms with E-state index in [0.717, 1.165) is 24.3 Å². The van der Waals surface area contributed by atoms with Crippen LogP contribution in [0.5, 0.6) is 0 Å². The molecule has 1 saturated heterocycles. The Hall–Kier alpha value is -0.0800. The van der Waals surface area contributed by atoms with Crippen molar-refractivity contribution in [3.63, 3.8) is 0 Å². The van der Waals surface area contributed by atoms with Crippen molar-refractivity contribution in [1.82, 2.24) is 4.90 Å². The van der Waals surface area contributed by atoms with Crippen molar-refractivity contribution in [3.8, 4) is 0 Å². The van der Waals surface area contributed by atoms with Crippen LogP contribution in [0.3, 0.4) is 0 Å². The first-order valence-corrected chi connectivity index (χ1v) is 5.64. The summed E-state index contributed by atoms with van der Waals surface area (Å²) in [6.07, 6.45) is 6.53. The van der Waals surface area contributed by atoms with Gasteiger partial charge in [-0.15, -0.1) is 0 Å². The van der Waals surface area contributed by atoms with Gasteiger partial charge >= 0.3 is 0 Å². The van der Waals surface area contributed by atoms with Crippen molar-refractivity contribution in [2.45, 2.75) is 38.1 Å². The van der Waals surface area contributed by atoms with Gasteiger partial charge < -0.3 is 10.0 Å². The van der Waals surface area contributed by atoms with Crippen LogP contribution in [0.15, 0.2) is 0 Å². The van der Waals surface area contributed by atoms with Gasteiger partial charge in [0.2, 0.25) is 0 Å². The maximum atomic E-state index is 8.84. The van der Waals surface area contributed by atoms with E-state index in [1.807, 2.05) is 0 Å². The molecule has 1 N–H and O–H groups in total. The maximum Gasteiger partial charge on any atom is 0.0431 e. The van der Waals surface area contributed by atoms with Crippen molar-refractivity contribution < 1.29 is 5.11 Å². The molecular weight excluding hydrogens is 162 g/mol. The zero-order chi connectivity index (χ0) is 9.26. The highest BCUT2D eigenvalue weighted by molar-refractivity contribution is 4.93. The Morgan fingerprint density at radius 3 is 2.54 bits per heavy atom. The minimum Gasteiger partial charge on any atom is -0.396 e. The van der Waals surface area contributed by atoms with Gasteiger partial charge in [0, 0.05) is 12.6 Å². The van der Waals surface area contributed by atoms with E-state index in [1.54, 1.807) is 0 Å². The molecule has 0 bridgehead atoms. The van der Waals surface area contributed by atoms with Gasteiger partial charge in [-0.3, -0.25) is 0 Å². The van der Waals surface area contributed by atoms with Gasteiger partial charge in [-0.1, -0.05) is 0 Å². The molecule has 2 atom stereocenters. The second kappa shape index (κ2) is 3.97. The van der Waals surface area contributed by atoms with Gasteiger partial charge in [0.05, 0.1) is 0 Å². The molecular formula is C11H21NO. The maximum absolute atomic E-state index is 8.84. The average molecular weight is 183 g/mol. The van der Waals surface area contributed by atoms with E-state index in [-0.39, 0.29) is 0 Å². The predicted molar refractivity (Wildman–Crippen MR) is 53.6 cm³/mol. The summed E-state index contributed by atoms with van der Waals surface area (Å²) < 4.78 is 0. The van der Waals surface area contributed by atoms with Crippen molar-refractivity contribution in [1.29, 1.82) is 0 Å². The molecule has 0 radical (unpaired) electrons. The Morgan fingerprint density at radius 2 is 2.15 bits per heavy atom. The number of aliphatic hydroxyl groups excluding tert-OH is 1. The molecule has 1 heterocycles. The van der Waals surface area contributed by atoms with E-state index >= 15 is 0 Å². The Kier molecular flexibility index (Phi) is 2.89. The van der Waals surface area contributed by atoms with Crippen LogP contribution < -0.4 is 0 Å². The monoisotopic (exact) mass is 183 g/mol. The van der Waals surface area contributed by atoms with Crippen LogP contribution in [-0.2, 0) is 0 Å². The molecule has 1 aliphatic carbocycles. The fourth-order valence-electron chi connectivity index (χ4n) is 2.67. The molecule has 2 fully saturated rings. The molecule has 0 aromatic carbocycles. The minimum atomic E-state index is 0.375. The molecule has 2 aliphatic rings. The van der Waals surface area contributed by atoms with Crippen LogP contribution in [-0.4, -0.2) is 36.2 Å². The standard InChI is InChI=1S/C11H21NO/c1-12-7-6-11(12)10(3-2-8-13)9-4-5-9/h9-11,13H,2-8H2,1H3. The van der Waals surface area contributed by atoms with Crippen molar-refractivity contribution >= 4 is 0 Å². The third kappa shape index (κ3) is 2.05. The first-order valence-electron chi connectivity index (χ1n) is 5.64. The zero-order valence-corrected chi connectivity index (χ0v) is 8.58. The van der Waals surface area contributed by atoms with Crippen LogP contribution in [0.1, 0.15) is 32.1 Å². The first-order chi connectivity index (χ1) is 6.33. The van der Waals surface area contributed by atoms with E-state index in [0.29, 0.717) is 6.61 Å². The summed E-state index contributed by atoms with van der Waals surface area (Å²) in [6.45, 7) is 1.66. The number of hydrogen-bond donors (Lipinski definition) is 1. The summed E-state index contributed by atoms with van der Waals surface area (Å²) in [4.78, 5) is 2.49. The summed E-state index contributed by atoms with van der Waals surface area (Å²) in [6, 6.07) is 0.846. The van der Waals surface area contributed by atoms with Gasteiger partial charge in [-0.25, -0.2) is 0 Å². The van der Waals surface area contributed by atoms with E-state index in [9.17, 15) is 0 Å². The molecule has 2 heteroatoms. The summed E-state index contributed by atoms with van der Waals surface area (Å²) in [5, 5.41) is 8.84. The lowest BCUT2D eigenvalue weighted by Crippen LogP contribution is -2.49. The first kappa shape index (κ1) is 9.47. The Balaban J connectivity index is 1.81. The molecule has 2 unspecified atom stereocenters. The highest BCUT2D eigenvalue weighted by Crippen LogP contribution is 2.44. The van der Waals surface area contributed by atoms with E-state index < -0.39 is 0 Å². The normalized spacial score (nSPS) is 31.4. The fraction of sp³-hybridized carbons (Fsp3) is 1.00. The molecule has 0 aromatic rings. The summed E-state index contributed by atoms with van der Waals surface area (Å²) in [5.74, 6) is 1.89. The number of rotatable bonds is 5. The quantitative estimate of drug-likeness (QED) is 0.698. The van der Waals surface area contributed by atoms with E-state index in [1.165, 1.54) is 32.2 Å². The summed E-state index contributed by atoms with van der Waals surface area (Å²) >= 11 is 0. The average Bonchev–Trinajstić information content (AvgIpc) is 2.92. The molecule has 0 aromatic heterocycles. The Bertz CT molecular complexity index is 167. The molecule has 1 saturated carbocycles. The van der Waals surface area contributed by atoms with E-state index in [2.05, 4.69) is 11.9 Å². The van der Waals surface area contributed by atoms with Gasteiger partial charge in [0.1, 0.15) is 0 Å². The molecule has 2 rings (SSSR count). The lowest BCUT2D eigenvalue weighted by molar-refractivity contribution is 0.0554. The van der Waals surface area contributed by atoms with Crippen LogP contribution in [0.25, 0.3) is 0 Å². The van der Waals surface area contributed by atoms with Crippen molar-refractivity contribution in [2.75, 3.05) is 20.2 Å². The molecule has 2 nitrogen and oxygen atoms in total. The smallest absolute Gasteiger partial charge is 0.0431 e. The fourth-order valence-corrected chi connectivity index (χ4v) is 2.67. The van der Waals surface area contributed by atoms with Crippen LogP contribution in [0.2, 0.25) is 0 Å². The SMILES string of the molecule is CN1CCC1C(CCCO)C1CC1. The Labute approximate surface area is 80.9 Å². The van der Waals surface area contributed by atoms with Gasteiger partial charge in [0.25, 0.3) is 0 Å². The summed E-state index contributed by atoms with van der Waals surface area (Å²) in [5.41, 5.74) is 0. The topological polar surface area (TPSA) is 23.5 Å². The third-order valence-electron chi connectivity index (χ3n) is 3.76. The van der Waals surface area contributed by atoms with E-state index in [4.69, 9.17) is 5.11 Å². The zero-order valence-electron chi connectivity index (χ0n) is 8.58. The van der Waals surface area contributed by atoms with Gasteiger partial charge in [-0.2, -0.15) is 0 Å². The van der Waals surface area contributed by atoms with Crippen LogP contribution >= 0.6 is 0 Å². The molecule has 1 aliphatic heterocycles. The predicted octanol–water partition coefficient (Wildman–Crippen LogP) is 1.49. The second-order valence-corrected chi connectivity index (χ2v) is 4.70. The highest BCUT2D eigenvalue weighted by Gasteiger charge is 2.40. The van der Waals surface area contributed by atoms with Crippen LogP contribution in [0, 0.1) is 11.8 Å². The van der Waals surface area contributed by atoms with Crippen molar-refractivity contribution in [3.05, 3.63) is 0 Å². The number of likely N-dealkylation sites (tertiary alicyclic amines) is 1. The lowest BCUT2D eigenvalue weighted by atomic mass is 9.83. The van der Waals surface area contributed by atoms with Gasteiger partial charge in [0.15, 0.2) is 0 Å². The highest BCUT2D eigenvalue weighted by atomic mass is 16.2. The van der Waals surface area contributed by atoms with Crippen LogP contribution in [0.4, 0.5) is 0 Å². The third-order valence-corrected chi connectivity index (χ3v) is 3.76. The lowest BCUT2D eigenvalue weighted by Gasteiger charge is -2.43. The number of nitrogens with zero attached hydrogens (tertiary/aromatic N) is 1. The second-order valence-electron chi connectivity index (χ2n) is 4.70. The molecule has 0 amide bonds. The number of aliphatic hydroxyl groups is 1. The largest absolute Gasteiger partial charge is 0.396 e. The Morgan fingerprint density at radius 1 is 1.38 bits per heavy atom. The van der Waals surface area contributed by atoms with Crippen molar-refractivity contribution in [2.24, 2.45) is 11.8 Å². The minimum absolute atomic E-state index is 0.375. The molecule has 13 heavy (non-hydrogen) atoms. The number of hydrogen-bond acceptors (Lipinski definition) is 2.